The molecule has 0 bridgehead atoms. The highest BCUT2D eigenvalue weighted by Crippen LogP contribution is 2.18. The van der Waals surface area contributed by atoms with Gasteiger partial charge in [0.05, 0.1) is 6.61 Å². The lowest BCUT2D eigenvalue weighted by molar-refractivity contribution is 0.0922. The van der Waals surface area contributed by atoms with Crippen molar-refractivity contribution in [2.24, 2.45) is 0 Å². The molecule has 24 heavy (non-hydrogen) atoms. The van der Waals surface area contributed by atoms with Gasteiger partial charge in [-0.1, -0.05) is 17.7 Å². The molecule has 0 saturated carbocycles. The summed E-state index contributed by atoms with van der Waals surface area (Å²) in [5.74, 6) is -0.173. The monoisotopic (exact) mass is 326 g/mol. The topological polar surface area (TPSA) is 61.4 Å². The van der Waals surface area contributed by atoms with Gasteiger partial charge in [-0.2, -0.15) is 0 Å². The Kier molecular flexibility index (Phi) is 5.99. The molecule has 0 saturated heterocycles. The fourth-order valence-electron chi connectivity index (χ4n) is 2.77. The molecular weight excluding hydrogens is 300 g/mol. The summed E-state index contributed by atoms with van der Waals surface area (Å²) in [6.07, 6.45) is 0. The number of carbonyl (C=O) groups excluding carboxylic acids is 1. The Labute approximate surface area is 143 Å². The fraction of sp³-hybridized carbons (Fsp3) is 0.350. The standard InChI is InChI=1S/C20H26N2O2/c1-13-9-14(2)19(15(3)10-13)11-21-18-7-5-17(6-8-18)20(24)22-16(4)12-23/h5-10,16,21,23H,11-12H2,1-4H3,(H,22,24). The number of carbonyl (C=O) groups is 1. The first-order chi connectivity index (χ1) is 11.4. The van der Waals surface area contributed by atoms with Crippen LogP contribution in [0.2, 0.25) is 0 Å². The molecule has 2 aromatic carbocycles. The van der Waals surface area contributed by atoms with E-state index in [9.17, 15) is 4.79 Å². The maximum atomic E-state index is 12.0. The Morgan fingerprint density at radius 2 is 1.67 bits per heavy atom. The van der Waals surface area contributed by atoms with Crippen molar-refractivity contribution in [2.75, 3.05) is 11.9 Å². The highest BCUT2D eigenvalue weighted by Gasteiger charge is 2.09. The SMILES string of the molecule is Cc1cc(C)c(CNc2ccc(C(=O)NC(C)CO)cc2)c(C)c1. The Morgan fingerprint density at radius 3 is 2.21 bits per heavy atom. The van der Waals surface area contributed by atoms with Crippen molar-refractivity contribution in [3.05, 3.63) is 64.2 Å². The van der Waals surface area contributed by atoms with E-state index in [0.717, 1.165) is 12.2 Å². The van der Waals surface area contributed by atoms with E-state index in [-0.39, 0.29) is 18.6 Å². The molecule has 0 aromatic heterocycles. The Hall–Kier alpha value is -2.33. The van der Waals surface area contributed by atoms with E-state index in [2.05, 4.69) is 43.5 Å². The van der Waals surface area contributed by atoms with Crippen molar-refractivity contribution in [1.82, 2.24) is 5.32 Å². The van der Waals surface area contributed by atoms with Crippen LogP contribution in [0.5, 0.6) is 0 Å². The number of rotatable bonds is 6. The third kappa shape index (κ3) is 4.59. The molecule has 0 aliphatic rings. The summed E-state index contributed by atoms with van der Waals surface area (Å²) in [7, 11) is 0. The lowest BCUT2D eigenvalue weighted by Crippen LogP contribution is -2.34. The molecule has 2 rings (SSSR count). The molecule has 0 radical (unpaired) electrons. The number of nitrogens with one attached hydrogen (secondary N) is 2. The van der Waals surface area contributed by atoms with Crippen LogP contribution in [-0.4, -0.2) is 23.7 Å². The smallest absolute Gasteiger partial charge is 0.251 e. The normalized spacial score (nSPS) is 11.9. The second-order valence-electron chi connectivity index (χ2n) is 6.37. The summed E-state index contributed by atoms with van der Waals surface area (Å²) < 4.78 is 0. The number of aliphatic hydroxyl groups excluding tert-OH is 1. The van der Waals surface area contributed by atoms with Crippen molar-refractivity contribution in [3.63, 3.8) is 0 Å². The van der Waals surface area contributed by atoms with Gasteiger partial charge in [0.15, 0.2) is 0 Å². The largest absolute Gasteiger partial charge is 0.394 e. The molecule has 1 amide bonds. The van der Waals surface area contributed by atoms with Gasteiger partial charge in [0, 0.05) is 23.8 Å². The minimum atomic E-state index is -0.247. The van der Waals surface area contributed by atoms with Gasteiger partial charge in [0.2, 0.25) is 0 Å². The fourth-order valence-corrected chi connectivity index (χ4v) is 2.77. The molecule has 0 heterocycles. The van der Waals surface area contributed by atoms with Crippen LogP contribution in [0, 0.1) is 20.8 Å². The van der Waals surface area contributed by atoms with Gasteiger partial charge in [-0.3, -0.25) is 4.79 Å². The van der Waals surface area contributed by atoms with Crippen LogP contribution in [0.25, 0.3) is 0 Å². The van der Waals surface area contributed by atoms with E-state index in [1.165, 1.54) is 22.3 Å². The number of aryl methyl sites for hydroxylation is 3. The van der Waals surface area contributed by atoms with Gasteiger partial charge in [-0.25, -0.2) is 0 Å². The van der Waals surface area contributed by atoms with Gasteiger partial charge >= 0.3 is 0 Å². The van der Waals surface area contributed by atoms with Crippen LogP contribution in [0.4, 0.5) is 5.69 Å². The second kappa shape index (κ2) is 7.97. The van der Waals surface area contributed by atoms with Crippen molar-refractivity contribution >= 4 is 11.6 Å². The number of benzene rings is 2. The average Bonchev–Trinajstić information content (AvgIpc) is 2.54. The number of hydrogen-bond acceptors (Lipinski definition) is 3. The van der Waals surface area contributed by atoms with E-state index >= 15 is 0 Å². The minimum Gasteiger partial charge on any atom is -0.394 e. The highest BCUT2D eigenvalue weighted by atomic mass is 16.3. The molecule has 4 nitrogen and oxygen atoms in total. The molecule has 2 aromatic rings. The van der Waals surface area contributed by atoms with Crippen molar-refractivity contribution in [3.8, 4) is 0 Å². The van der Waals surface area contributed by atoms with E-state index in [1.54, 1.807) is 19.1 Å². The zero-order valence-corrected chi connectivity index (χ0v) is 14.8. The summed E-state index contributed by atoms with van der Waals surface area (Å²) >= 11 is 0. The molecule has 0 fully saturated rings. The van der Waals surface area contributed by atoms with Gasteiger partial charge in [0.1, 0.15) is 0 Å². The van der Waals surface area contributed by atoms with Crippen LogP contribution in [0.3, 0.4) is 0 Å². The Balaban J connectivity index is 2.01. The summed E-state index contributed by atoms with van der Waals surface area (Å²) in [6.45, 7) is 8.82. The predicted octanol–water partition coefficient (Wildman–Crippen LogP) is 3.33. The Bertz CT molecular complexity index is 685. The first kappa shape index (κ1) is 18.0. The lowest BCUT2D eigenvalue weighted by Gasteiger charge is -2.14. The summed E-state index contributed by atoms with van der Waals surface area (Å²) in [6, 6.07) is 11.5. The molecule has 128 valence electrons. The molecular formula is C20H26N2O2. The summed E-state index contributed by atoms with van der Waals surface area (Å²) in [4.78, 5) is 12.0. The van der Waals surface area contributed by atoms with E-state index in [1.807, 2.05) is 12.1 Å². The van der Waals surface area contributed by atoms with E-state index in [4.69, 9.17) is 5.11 Å². The van der Waals surface area contributed by atoms with Gasteiger partial charge in [-0.15, -0.1) is 0 Å². The minimum absolute atomic E-state index is 0.0688. The van der Waals surface area contributed by atoms with Crippen LogP contribution < -0.4 is 10.6 Å². The summed E-state index contributed by atoms with van der Waals surface area (Å²) in [5, 5.41) is 15.1. The van der Waals surface area contributed by atoms with E-state index in [0.29, 0.717) is 5.56 Å². The third-order valence-corrected chi connectivity index (χ3v) is 4.11. The van der Waals surface area contributed by atoms with Crippen molar-refractivity contribution < 1.29 is 9.90 Å². The van der Waals surface area contributed by atoms with Crippen LogP contribution in [0.15, 0.2) is 36.4 Å². The molecule has 0 aliphatic carbocycles. The van der Waals surface area contributed by atoms with Crippen molar-refractivity contribution in [2.45, 2.75) is 40.3 Å². The van der Waals surface area contributed by atoms with E-state index < -0.39 is 0 Å². The van der Waals surface area contributed by atoms with Crippen molar-refractivity contribution in [1.29, 1.82) is 0 Å². The zero-order chi connectivity index (χ0) is 17.7. The van der Waals surface area contributed by atoms with Crippen LogP contribution in [-0.2, 0) is 6.54 Å². The highest BCUT2D eigenvalue weighted by molar-refractivity contribution is 5.94. The number of hydrogen-bond donors (Lipinski definition) is 3. The summed E-state index contributed by atoms with van der Waals surface area (Å²) in [5.41, 5.74) is 6.72. The maximum Gasteiger partial charge on any atom is 0.251 e. The first-order valence-electron chi connectivity index (χ1n) is 8.23. The number of amides is 1. The Morgan fingerprint density at radius 1 is 1.08 bits per heavy atom. The van der Waals surface area contributed by atoms with Gasteiger partial charge in [0.25, 0.3) is 5.91 Å². The number of aliphatic hydroxyl groups is 1. The quantitative estimate of drug-likeness (QED) is 0.763. The zero-order valence-electron chi connectivity index (χ0n) is 14.8. The molecule has 3 N–H and O–H groups in total. The first-order valence-corrected chi connectivity index (χ1v) is 8.23. The average molecular weight is 326 g/mol. The molecule has 0 spiro atoms. The predicted molar refractivity (Wildman–Crippen MR) is 98.4 cm³/mol. The van der Waals surface area contributed by atoms with Crippen LogP contribution >= 0.6 is 0 Å². The maximum absolute atomic E-state index is 12.0. The van der Waals surface area contributed by atoms with Gasteiger partial charge in [-0.05, 0) is 68.7 Å². The second-order valence-corrected chi connectivity index (χ2v) is 6.37. The molecule has 4 heteroatoms. The molecule has 1 unspecified atom stereocenters. The molecule has 0 aliphatic heterocycles. The molecule has 1 atom stereocenters. The number of anilines is 1. The van der Waals surface area contributed by atoms with Gasteiger partial charge < -0.3 is 15.7 Å². The lowest BCUT2D eigenvalue weighted by atomic mass is 10.00. The van der Waals surface area contributed by atoms with Crippen LogP contribution in [0.1, 0.15) is 39.5 Å². The third-order valence-electron chi connectivity index (χ3n) is 4.11.